The minimum Gasteiger partial charge on any atom is -0.497 e. The van der Waals surface area contributed by atoms with E-state index in [0.717, 1.165) is 18.7 Å². The molecule has 0 radical (unpaired) electrons. The lowest BCUT2D eigenvalue weighted by Gasteiger charge is -2.24. The molecule has 1 unspecified atom stereocenters. The Morgan fingerprint density at radius 1 is 1.16 bits per heavy atom. The van der Waals surface area contributed by atoms with Gasteiger partial charge in [-0.15, -0.1) is 0 Å². The van der Waals surface area contributed by atoms with Crippen molar-refractivity contribution in [3.05, 3.63) is 64.2 Å². The molecule has 0 heterocycles. The fourth-order valence-electron chi connectivity index (χ4n) is 2.47. The predicted octanol–water partition coefficient (Wildman–Crippen LogP) is 3.55. The topological polar surface area (TPSA) is 64.8 Å². The molecule has 0 aliphatic rings. The van der Waals surface area contributed by atoms with Gasteiger partial charge in [0.25, 0.3) is 5.69 Å². The average molecular weight is 344 g/mol. The van der Waals surface area contributed by atoms with E-state index in [1.807, 2.05) is 19.2 Å². The average Bonchev–Trinajstić information content (AvgIpc) is 2.62. The van der Waals surface area contributed by atoms with Gasteiger partial charge in [-0.3, -0.25) is 15.0 Å². The molecule has 0 N–H and O–H groups in total. The maximum atomic E-state index is 10.8. The maximum absolute atomic E-state index is 10.8. The number of ether oxygens (including phenoxy) is 2. The molecule has 2 aromatic carbocycles. The normalized spacial score (nSPS) is 12.0. The molecule has 25 heavy (non-hydrogen) atoms. The third kappa shape index (κ3) is 5.76. The molecule has 0 bridgehead atoms. The molecule has 0 saturated heterocycles. The van der Waals surface area contributed by atoms with Crippen LogP contribution < -0.4 is 9.47 Å². The van der Waals surface area contributed by atoms with E-state index >= 15 is 0 Å². The lowest BCUT2D eigenvalue weighted by molar-refractivity contribution is -0.384. The van der Waals surface area contributed by atoms with Crippen LogP contribution in [0.15, 0.2) is 48.5 Å². The van der Waals surface area contributed by atoms with Gasteiger partial charge in [-0.2, -0.15) is 0 Å². The second-order valence-electron chi connectivity index (χ2n) is 5.98. The van der Waals surface area contributed by atoms with Crippen LogP contribution in [0.3, 0.4) is 0 Å². The molecule has 0 saturated carbocycles. The number of benzene rings is 2. The zero-order valence-corrected chi connectivity index (χ0v) is 14.8. The molecule has 1 atom stereocenters. The summed E-state index contributed by atoms with van der Waals surface area (Å²) in [4.78, 5) is 12.6. The summed E-state index contributed by atoms with van der Waals surface area (Å²) in [6.45, 7) is 3.38. The fraction of sp³-hybridized carbons (Fsp3) is 0.368. The fourth-order valence-corrected chi connectivity index (χ4v) is 2.47. The predicted molar refractivity (Wildman–Crippen MR) is 97.4 cm³/mol. The van der Waals surface area contributed by atoms with Crippen LogP contribution in [-0.2, 0) is 6.42 Å². The van der Waals surface area contributed by atoms with Gasteiger partial charge in [-0.25, -0.2) is 0 Å². The minimum atomic E-state index is -0.421. The summed E-state index contributed by atoms with van der Waals surface area (Å²) in [5.41, 5.74) is 1.29. The second-order valence-corrected chi connectivity index (χ2v) is 5.98. The molecule has 0 aromatic heterocycles. The first-order valence-corrected chi connectivity index (χ1v) is 8.20. The first kappa shape index (κ1) is 18.7. The van der Waals surface area contributed by atoms with Crippen molar-refractivity contribution < 1.29 is 14.4 Å². The van der Waals surface area contributed by atoms with Crippen LogP contribution in [-0.4, -0.2) is 43.2 Å². The molecule has 0 aliphatic heterocycles. The lowest BCUT2D eigenvalue weighted by Crippen LogP contribution is -2.34. The van der Waals surface area contributed by atoms with Crippen molar-refractivity contribution in [3.63, 3.8) is 0 Å². The molecule has 6 nitrogen and oxygen atoms in total. The number of nitro benzene ring substituents is 1. The second kappa shape index (κ2) is 9.03. The lowest BCUT2D eigenvalue weighted by atomic mass is 10.1. The van der Waals surface area contributed by atoms with Gasteiger partial charge in [0.2, 0.25) is 0 Å². The molecular formula is C19H24N2O4. The summed E-state index contributed by atoms with van der Waals surface area (Å²) >= 11 is 0. The number of rotatable bonds is 9. The molecule has 6 heteroatoms. The Morgan fingerprint density at radius 2 is 1.88 bits per heavy atom. The van der Waals surface area contributed by atoms with Gasteiger partial charge in [-0.1, -0.05) is 18.2 Å². The first-order valence-electron chi connectivity index (χ1n) is 8.20. The highest BCUT2D eigenvalue weighted by Crippen LogP contribution is 2.19. The highest BCUT2D eigenvalue weighted by Gasteiger charge is 2.11. The van der Waals surface area contributed by atoms with Crippen LogP contribution in [0.5, 0.6) is 11.5 Å². The number of nitrogens with zero attached hydrogens (tertiary/aromatic N) is 2. The van der Waals surface area contributed by atoms with Crippen molar-refractivity contribution in [2.24, 2.45) is 0 Å². The Kier molecular flexibility index (Phi) is 6.77. The van der Waals surface area contributed by atoms with Gasteiger partial charge < -0.3 is 9.47 Å². The van der Waals surface area contributed by atoms with E-state index in [1.54, 1.807) is 19.2 Å². The Labute approximate surface area is 148 Å². The van der Waals surface area contributed by atoms with Gasteiger partial charge >= 0.3 is 0 Å². The zero-order chi connectivity index (χ0) is 18.2. The highest BCUT2D eigenvalue weighted by atomic mass is 16.6. The maximum Gasteiger partial charge on any atom is 0.273 e. The molecule has 2 rings (SSSR count). The van der Waals surface area contributed by atoms with Gasteiger partial charge in [0.1, 0.15) is 18.1 Å². The summed E-state index contributed by atoms with van der Waals surface area (Å²) < 4.78 is 10.8. The van der Waals surface area contributed by atoms with E-state index in [4.69, 9.17) is 9.47 Å². The zero-order valence-electron chi connectivity index (χ0n) is 14.8. The Balaban J connectivity index is 1.79. The largest absolute Gasteiger partial charge is 0.497 e. The van der Waals surface area contributed by atoms with Crippen LogP contribution in [0, 0.1) is 10.1 Å². The van der Waals surface area contributed by atoms with Gasteiger partial charge in [0, 0.05) is 18.7 Å². The van der Waals surface area contributed by atoms with Crippen molar-refractivity contribution in [2.75, 3.05) is 27.3 Å². The van der Waals surface area contributed by atoms with Crippen molar-refractivity contribution >= 4 is 5.69 Å². The standard InChI is InChI=1S/C19H24N2O4/c1-15(13-16-7-9-18(24-3)10-8-16)20(2)11-12-25-19-6-4-5-17(14-19)21(22)23/h4-10,14-15H,11-13H2,1-3H3. The van der Waals surface area contributed by atoms with Crippen molar-refractivity contribution in [3.8, 4) is 11.5 Å². The van der Waals surface area contributed by atoms with Crippen LogP contribution in [0.4, 0.5) is 5.69 Å². The van der Waals surface area contributed by atoms with Crippen LogP contribution in [0.2, 0.25) is 0 Å². The van der Waals surface area contributed by atoms with Crippen LogP contribution in [0.1, 0.15) is 12.5 Å². The molecule has 2 aromatic rings. The van der Waals surface area contributed by atoms with Gasteiger partial charge in [0.15, 0.2) is 0 Å². The van der Waals surface area contributed by atoms with E-state index in [0.29, 0.717) is 18.4 Å². The van der Waals surface area contributed by atoms with E-state index in [2.05, 4.69) is 24.0 Å². The van der Waals surface area contributed by atoms with Crippen molar-refractivity contribution in [2.45, 2.75) is 19.4 Å². The third-order valence-corrected chi connectivity index (χ3v) is 4.18. The Morgan fingerprint density at radius 3 is 2.52 bits per heavy atom. The summed E-state index contributed by atoms with van der Waals surface area (Å²) in [6.07, 6.45) is 0.928. The molecule has 0 aliphatic carbocycles. The van der Waals surface area contributed by atoms with E-state index < -0.39 is 4.92 Å². The van der Waals surface area contributed by atoms with Crippen molar-refractivity contribution in [1.82, 2.24) is 4.90 Å². The molecule has 0 amide bonds. The summed E-state index contributed by atoms with van der Waals surface area (Å²) in [5, 5.41) is 10.8. The Hall–Kier alpha value is -2.60. The highest BCUT2D eigenvalue weighted by molar-refractivity contribution is 5.37. The monoisotopic (exact) mass is 344 g/mol. The van der Waals surface area contributed by atoms with E-state index in [-0.39, 0.29) is 5.69 Å². The van der Waals surface area contributed by atoms with Crippen molar-refractivity contribution in [1.29, 1.82) is 0 Å². The van der Waals surface area contributed by atoms with Crippen LogP contribution in [0.25, 0.3) is 0 Å². The van der Waals surface area contributed by atoms with Gasteiger partial charge in [0.05, 0.1) is 18.1 Å². The SMILES string of the molecule is COc1ccc(CC(C)N(C)CCOc2cccc([N+](=O)[O-])c2)cc1. The number of hydrogen-bond donors (Lipinski definition) is 0. The minimum absolute atomic E-state index is 0.0405. The third-order valence-electron chi connectivity index (χ3n) is 4.18. The number of hydrogen-bond acceptors (Lipinski definition) is 5. The summed E-state index contributed by atoms with van der Waals surface area (Å²) in [6, 6.07) is 14.7. The number of nitro groups is 1. The molecular weight excluding hydrogens is 320 g/mol. The summed E-state index contributed by atoms with van der Waals surface area (Å²) in [5.74, 6) is 1.38. The number of methoxy groups -OCH3 is 1. The number of non-ortho nitro benzene ring substituents is 1. The van der Waals surface area contributed by atoms with E-state index in [9.17, 15) is 10.1 Å². The Bertz CT molecular complexity index is 688. The smallest absolute Gasteiger partial charge is 0.273 e. The number of likely N-dealkylation sites (N-methyl/N-ethyl adjacent to an activating group) is 1. The van der Waals surface area contributed by atoms with E-state index in [1.165, 1.54) is 17.7 Å². The van der Waals surface area contributed by atoms with Crippen LogP contribution >= 0.6 is 0 Å². The summed E-state index contributed by atoms with van der Waals surface area (Å²) in [7, 11) is 3.71. The molecule has 0 spiro atoms. The molecule has 0 fully saturated rings. The first-order chi connectivity index (χ1) is 12.0. The quantitative estimate of drug-likeness (QED) is 0.514. The van der Waals surface area contributed by atoms with Gasteiger partial charge in [-0.05, 0) is 44.2 Å². The molecule has 134 valence electrons.